The van der Waals surface area contributed by atoms with E-state index in [-0.39, 0.29) is 12.3 Å². The van der Waals surface area contributed by atoms with E-state index in [1.807, 2.05) is 24.3 Å². The van der Waals surface area contributed by atoms with Crippen LogP contribution in [0, 0.1) is 0 Å². The van der Waals surface area contributed by atoms with E-state index < -0.39 is 5.63 Å². The molecule has 0 atom stereocenters. The maximum Gasteiger partial charge on any atom is 0.336 e. The quantitative estimate of drug-likeness (QED) is 0.752. The molecule has 1 N–H and O–H groups in total. The Morgan fingerprint density at radius 3 is 2.83 bits per heavy atom. The number of hydrogen-bond donors (Lipinski definition) is 1. The molecule has 5 heteroatoms. The van der Waals surface area contributed by atoms with Gasteiger partial charge in [-0.1, -0.05) is 12.1 Å². The van der Waals surface area contributed by atoms with E-state index in [0.29, 0.717) is 11.3 Å². The fourth-order valence-corrected chi connectivity index (χ4v) is 2.32. The lowest BCUT2D eigenvalue weighted by Crippen LogP contribution is -2.14. The summed E-state index contributed by atoms with van der Waals surface area (Å²) in [5, 5.41) is 3.59. The van der Waals surface area contributed by atoms with Gasteiger partial charge in [0.1, 0.15) is 11.3 Å². The highest BCUT2D eigenvalue weighted by Gasteiger charge is 2.06. The number of methoxy groups -OCH3 is 1. The van der Waals surface area contributed by atoms with E-state index in [1.54, 1.807) is 31.4 Å². The Morgan fingerprint density at radius 2 is 2.00 bits per heavy atom. The summed E-state index contributed by atoms with van der Waals surface area (Å²) in [6.45, 7) is 0. The molecule has 0 spiro atoms. The van der Waals surface area contributed by atoms with Crippen molar-refractivity contribution in [3.63, 3.8) is 0 Å². The van der Waals surface area contributed by atoms with Gasteiger partial charge in [0.15, 0.2) is 0 Å². The van der Waals surface area contributed by atoms with Gasteiger partial charge in [0.25, 0.3) is 0 Å². The largest absolute Gasteiger partial charge is 0.497 e. The van der Waals surface area contributed by atoms with Crippen LogP contribution in [0.4, 0.5) is 5.69 Å². The molecule has 2 aromatic carbocycles. The zero-order valence-corrected chi connectivity index (χ0v) is 12.5. The van der Waals surface area contributed by atoms with Gasteiger partial charge in [-0.15, -0.1) is 0 Å². The molecule has 1 heterocycles. The number of hydrogen-bond acceptors (Lipinski definition) is 4. The second kappa shape index (κ2) is 6.36. The molecule has 0 bridgehead atoms. The van der Waals surface area contributed by atoms with Gasteiger partial charge in [0.2, 0.25) is 5.91 Å². The molecule has 0 aliphatic rings. The van der Waals surface area contributed by atoms with E-state index >= 15 is 0 Å². The number of anilines is 1. The highest BCUT2D eigenvalue weighted by Crippen LogP contribution is 2.18. The Labute approximate surface area is 132 Å². The molecule has 1 aromatic heterocycles. The first-order valence-electron chi connectivity index (χ1n) is 7.11. The second-order valence-corrected chi connectivity index (χ2v) is 5.08. The van der Waals surface area contributed by atoms with Crippen LogP contribution in [0.3, 0.4) is 0 Å². The summed E-state index contributed by atoms with van der Waals surface area (Å²) in [5.41, 5.74) is 1.61. The SMILES string of the molecule is COc1cccc(CC(=O)Nc2ccc3oc(=O)ccc3c2)c1. The zero-order chi connectivity index (χ0) is 16.2. The molecule has 116 valence electrons. The molecular formula is C18H15NO4. The van der Waals surface area contributed by atoms with E-state index in [0.717, 1.165) is 16.7 Å². The molecule has 1 amide bonds. The molecule has 3 aromatic rings. The van der Waals surface area contributed by atoms with Gasteiger partial charge in [0, 0.05) is 17.1 Å². The van der Waals surface area contributed by atoms with Crippen molar-refractivity contribution in [2.45, 2.75) is 6.42 Å². The Kier molecular flexibility index (Phi) is 4.10. The molecule has 0 aliphatic carbocycles. The number of amides is 1. The smallest absolute Gasteiger partial charge is 0.336 e. The average Bonchev–Trinajstić information content (AvgIpc) is 2.55. The molecule has 0 aliphatic heterocycles. The van der Waals surface area contributed by atoms with Gasteiger partial charge < -0.3 is 14.5 Å². The van der Waals surface area contributed by atoms with Crippen molar-refractivity contribution >= 4 is 22.6 Å². The summed E-state index contributed by atoms with van der Waals surface area (Å²) in [7, 11) is 1.59. The highest BCUT2D eigenvalue weighted by atomic mass is 16.5. The Hall–Kier alpha value is -3.08. The van der Waals surface area contributed by atoms with Crippen molar-refractivity contribution in [3.8, 4) is 5.75 Å². The van der Waals surface area contributed by atoms with Crippen LogP contribution in [0.25, 0.3) is 11.0 Å². The molecule has 0 fully saturated rings. The molecule has 0 unspecified atom stereocenters. The summed E-state index contributed by atoms with van der Waals surface area (Å²) in [6.07, 6.45) is 0.249. The number of ether oxygens (including phenoxy) is 1. The van der Waals surface area contributed by atoms with Crippen LogP contribution in [0.1, 0.15) is 5.56 Å². The molecule has 23 heavy (non-hydrogen) atoms. The second-order valence-electron chi connectivity index (χ2n) is 5.08. The minimum absolute atomic E-state index is 0.130. The molecule has 3 rings (SSSR count). The third-order valence-electron chi connectivity index (χ3n) is 3.40. The van der Waals surface area contributed by atoms with Crippen LogP contribution in [0.2, 0.25) is 0 Å². The fourth-order valence-electron chi connectivity index (χ4n) is 2.32. The number of carbonyl (C=O) groups excluding carboxylic acids is 1. The summed E-state index contributed by atoms with van der Waals surface area (Å²) < 4.78 is 10.2. The lowest BCUT2D eigenvalue weighted by Gasteiger charge is -2.07. The number of nitrogens with one attached hydrogen (secondary N) is 1. The van der Waals surface area contributed by atoms with E-state index in [9.17, 15) is 9.59 Å². The lowest BCUT2D eigenvalue weighted by atomic mass is 10.1. The van der Waals surface area contributed by atoms with Crippen LogP contribution in [-0.2, 0) is 11.2 Å². The minimum atomic E-state index is -0.396. The molecule has 0 radical (unpaired) electrons. The van der Waals surface area contributed by atoms with Crippen LogP contribution in [-0.4, -0.2) is 13.0 Å². The van der Waals surface area contributed by atoms with Crippen LogP contribution < -0.4 is 15.7 Å². The first-order chi connectivity index (χ1) is 11.1. The number of fused-ring (bicyclic) bond motifs is 1. The maximum atomic E-state index is 12.1. The van der Waals surface area contributed by atoms with Gasteiger partial charge in [-0.2, -0.15) is 0 Å². The van der Waals surface area contributed by atoms with Gasteiger partial charge >= 0.3 is 5.63 Å². The third-order valence-corrected chi connectivity index (χ3v) is 3.40. The lowest BCUT2D eigenvalue weighted by molar-refractivity contribution is -0.115. The van der Waals surface area contributed by atoms with Crippen molar-refractivity contribution in [1.82, 2.24) is 0 Å². The number of rotatable bonds is 4. The molecular weight excluding hydrogens is 294 g/mol. The monoisotopic (exact) mass is 309 g/mol. The van der Waals surface area contributed by atoms with Crippen molar-refractivity contribution in [2.75, 3.05) is 12.4 Å². The van der Waals surface area contributed by atoms with Crippen molar-refractivity contribution in [2.24, 2.45) is 0 Å². The Balaban J connectivity index is 1.74. The zero-order valence-electron chi connectivity index (χ0n) is 12.5. The van der Waals surface area contributed by atoms with Gasteiger partial charge in [0.05, 0.1) is 13.5 Å². The standard InChI is InChI=1S/C18H15NO4/c1-22-15-4-2-3-12(9-15)10-17(20)19-14-6-7-16-13(11-14)5-8-18(21)23-16/h2-9,11H,10H2,1H3,(H,19,20). The van der Waals surface area contributed by atoms with Crippen molar-refractivity contribution in [3.05, 3.63) is 70.6 Å². The predicted octanol–water partition coefficient (Wildman–Crippen LogP) is 2.98. The predicted molar refractivity (Wildman–Crippen MR) is 87.8 cm³/mol. The number of benzene rings is 2. The molecule has 0 saturated heterocycles. The van der Waals surface area contributed by atoms with Crippen LogP contribution >= 0.6 is 0 Å². The third kappa shape index (κ3) is 3.58. The van der Waals surface area contributed by atoms with E-state index in [4.69, 9.17) is 9.15 Å². The highest BCUT2D eigenvalue weighted by molar-refractivity contribution is 5.94. The minimum Gasteiger partial charge on any atom is -0.497 e. The molecule has 5 nitrogen and oxygen atoms in total. The van der Waals surface area contributed by atoms with Gasteiger partial charge in [-0.05, 0) is 42.0 Å². The van der Waals surface area contributed by atoms with Crippen molar-refractivity contribution < 1.29 is 13.9 Å². The van der Waals surface area contributed by atoms with Crippen LogP contribution in [0.5, 0.6) is 5.75 Å². The fraction of sp³-hybridized carbons (Fsp3) is 0.111. The van der Waals surface area contributed by atoms with E-state index in [2.05, 4.69) is 5.32 Å². The number of carbonyl (C=O) groups is 1. The Morgan fingerprint density at radius 1 is 1.13 bits per heavy atom. The van der Waals surface area contributed by atoms with Gasteiger partial charge in [-0.25, -0.2) is 4.79 Å². The normalized spacial score (nSPS) is 10.5. The Bertz CT molecular complexity index is 914. The first-order valence-corrected chi connectivity index (χ1v) is 7.11. The topological polar surface area (TPSA) is 68.5 Å². The maximum absolute atomic E-state index is 12.1. The van der Waals surface area contributed by atoms with Crippen molar-refractivity contribution in [1.29, 1.82) is 0 Å². The summed E-state index contributed by atoms with van der Waals surface area (Å²) in [4.78, 5) is 23.3. The van der Waals surface area contributed by atoms with Crippen LogP contribution in [0.15, 0.2) is 63.8 Å². The summed E-state index contributed by atoms with van der Waals surface area (Å²) in [6, 6.07) is 15.5. The van der Waals surface area contributed by atoms with Gasteiger partial charge in [-0.3, -0.25) is 4.79 Å². The van der Waals surface area contributed by atoms with E-state index in [1.165, 1.54) is 6.07 Å². The molecule has 0 saturated carbocycles. The summed E-state index contributed by atoms with van der Waals surface area (Å²) >= 11 is 0. The summed E-state index contributed by atoms with van der Waals surface area (Å²) in [5.74, 6) is 0.589. The average molecular weight is 309 g/mol. The first kappa shape index (κ1) is 14.8.